The fourth-order valence-corrected chi connectivity index (χ4v) is 9.11. The highest BCUT2D eigenvalue weighted by molar-refractivity contribution is 5.13. The maximum atomic E-state index is 10.5. The molecule has 0 aliphatic heterocycles. The first-order valence-corrected chi connectivity index (χ1v) is 11.6. The Kier molecular flexibility index (Phi) is 4.86. The van der Waals surface area contributed by atoms with Gasteiger partial charge in [-0.15, -0.1) is 6.58 Å². The molecule has 0 aromatic heterocycles. The summed E-state index contributed by atoms with van der Waals surface area (Å²) in [7, 11) is 0. The standard InChI is InChI=1S/C25H42O/c1-6-25-14-12-20-19(22(25)9-7-16(2)15-25)11-13-24(5)21(18(4)26)10-8-17(3)23(20)24/h6,16-23,26H,1,7-15H2,2-5H3/t16-,17+,18?,19?,20+,21?,22?,23?,24+,25?/m0/s1. The molecule has 148 valence electrons. The third-order valence-corrected chi connectivity index (χ3v) is 10.1. The predicted octanol–water partition coefficient (Wildman–Crippen LogP) is 6.46. The lowest BCUT2D eigenvalue weighted by Crippen LogP contribution is -2.58. The quantitative estimate of drug-likeness (QED) is 0.561. The third kappa shape index (κ3) is 2.66. The molecule has 4 saturated carbocycles. The topological polar surface area (TPSA) is 20.2 Å². The molecule has 0 aromatic rings. The van der Waals surface area contributed by atoms with Crippen LogP contribution in [0.25, 0.3) is 0 Å². The fraction of sp³-hybridized carbons (Fsp3) is 0.920. The fourth-order valence-electron chi connectivity index (χ4n) is 9.11. The van der Waals surface area contributed by atoms with E-state index < -0.39 is 0 Å². The van der Waals surface area contributed by atoms with Gasteiger partial charge in [0, 0.05) is 0 Å². The van der Waals surface area contributed by atoms with Crippen molar-refractivity contribution in [3.05, 3.63) is 12.7 Å². The number of aliphatic hydroxyl groups is 1. The van der Waals surface area contributed by atoms with Crippen molar-refractivity contribution in [3.8, 4) is 0 Å². The molecule has 4 fully saturated rings. The number of fused-ring (bicyclic) bond motifs is 5. The van der Waals surface area contributed by atoms with E-state index in [1.54, 1.807) is 0 Å². The number of hydrogen-bond donors (Lipinski definition) is 1. The van der Waals surface area contributed by atoms with Gasteiger partial charge in [0.05, 0.1) is 6.10 Å². The Balaban J connectivity index is 1.66. The highest BCUT2D eigenvalue weighted by Crippen LogP contribution is 2.67. The molecule has 26 heavy (non-hydrogen) atoms. The van der Waals surface area contributed by atoms with E-state index in [2.05, 4.69) is 40.3 Å². The molecule has 4 aliphatic carbocycles. The van der Waals surface area contributed by atoms with Crippen LogP contribution in [-0.2, 0) is 0 Å². The zero-order valence-corrected chi connectivity index (χ0v) is 17.7. The van der Waals surface area contributed by atoms with Crippen LogP contribution >= 0.6 is 0 Å². The lowest BCUT2D eigenvalue weighted by atomic mass is 9.40. The molecule has 0 saturated heterocycles. The van der Waals surface area contributed by atoms with Crippen LogP contribution in [-0.4, -0.2) is 11.2 Å². The van der Waals surface area contributed by atoms with Crippen LogP contribution in [0.15, 0.2) is 12.7 Å². The summed E-state index contributed by atoms with van der Waals surface area (Å²) in [5.41, 5.74) is 0.803. The van der Waals surface area contributed by atoms with E-state index in [1.807, 2.05) is 0 Å². The molecule has 0 bridgehead atoms. The van der Waals surface area contributed by atoms with Crippen LogP contribution in [0.1, 0.15) is 85.5 Å². The Labute approximate surface area is 162 Å². The Morgan fingerprint density at radius 1 is 1.00 bits per heavy atom. The molecule has 6 unspecified atom stereocenters. The second-order valence-corrected chi connectivity index (χ2v) is 11.3. The van der Waals surface area contributed by atoms with E-state index in [0.29, 0.717) is 16.7 Å². The Morgan fingerprint density at radius 3 is 2.42 bits per heavy atom. The van der Waals surface area contributed by atoms with Crippen molar-refractivity contribution in [2.45, 2.75) is 91.6 Å². The van der Waals surface area contributed by atoms with Gasteiger partial charge in [-0.05, 0) is 104 Å². The summed E-state index contributed by atoms with van der Waals surface area (Å²) in [6, 6.07) is 0. The van der Waals surface area contributed by atoms with E-state index in [4.69, 9.17) is 0 Å². The molecule has 10 atom stereocenters. The van der Waals surface area contributed by atoms with Gasteiger partial charge in [0.15, 0.2) is 0 Å². The van der Waals surface area contributed by atoms with Crippen LogP contribution in [0.4, 0.5) is 0 Å². The van der Waals surface area contributed by atoms with Crippen molar-refractivity contribution in [1.29, 1.82) is 0 Å². The number of hydrogen-bond acceptors (Lipinski definition) is 1. The average Bonchev–Trinajstić information content (AvgIpc) is 2.60. The summed E-state index contributed by atoms with van der Waals surface area (Å²) in [4.78, 5) is 0. The first kappa shape index (κ1) is 19.0. The van der Waals surface area contributed by atoms with Crippen molar-refractivity contribution >= 4 is 0 Å². The molecule has 0 amide bonds. The molecule has 1 N–H and O–H groups in total. The van der Waals surface area contributed by atoms with E-state index in [0.717, 1.165) is 35.5 Å². The van der Waals surface area contributed by atoms with Crippen molar-refractivity contribution in [1.82, 2.24) is 0 Å². The minimum absolute atomic E-state index is 0.141. The van der Waals surface area contributed by atoms with Gasteiger partial charge in [-0.3, -0.25) is 0 Å². The van der Waals surface area contributed by atoms with Gasteiger partial charge in [-0.25, -0.2) is 0 Å². The van der Waals surface area contributed by atoms with Gasteiger partial charge in [-0.1, -0.05) is 39.7 Å². The summed E-state index contributed by atoms with van der Waals surface area (Å²) in [5.74, 6) is 5.77. The van der Waals surface area contributed by atoms with E-state index in [-0.39, 0.29) is 6.10 Å². The SMILES string of the molecule is C=CC12CC[C@@H]3C(CC[C@]4(C)C(C(C)O)CC[C@@H](C)C34)C1CC[C@H](C)C2. The van der Waals surface area contributed by atoms with E-state index in [1.165, 1.54) is 57.8 Å². The molecule has 4 rings (SSSR count). The normalized spacial score (nSPS) is 55.2. The zero-order valence-electron chi connectivity index (χ0n) is 17.7. The Bertz CT molecular complexity index is 538. The highest BCUT2D eigenvalue weighted by Gasteiger charge is 2.60. The summed E-state index contributed by atoms with van der Waals surface area (Å²) < 4.78 is 0. The van der Waals surface area contributed by atoms with Crippen LogP contribution in [0, 0.1) is 52.3 Å². The van der Waals surface area contributed by atoms with Crippen molar-refractivity contribution < 1.29 is 5.11 Å². The lowest BCUT2D eigenvalue weighted by molar-refractivity contribution is -0.160. The number of aliphatic hydroxyl groups excluding tert-OH is 1. The van der Waals surface area contributed by atoms with Crippen molar-refractivity contribution in [3.63, 3.8) is 0 Å². The predicted molar refractivity (Wildman–Crippen MR) is 110 cm³/mol. The monoisotopic (exact) mass is 358 g/mol. The number of rotatable bonds is 2. The van der Waals surface area contributed by atoms with Crippen LogP contribution in [0.2, 0.25) is 0 Å². The second kappa shape index (κ2) is 6.64. The van der Waals surface area contributed by atoms with E-state index in [9.17, 15) is 5.11 Å². The van der Waals surface area contributed by atoms with Crippen LogP contribution < -0.4 is 0 Å². The molecular formula is C25H42O. The number of allylic oxidation sites excluding steroid dienone is 1. The highest BCUT2D eigenvalue weighted by atomic mass is 16.3. The van der Waals surface area contributed by atoms with Crippen LogP contribution in [0.5, 0.6) is 0 Å². The lowest BCUT2D eigenvalue weighted by Gasteiger charge is -2.64. The maximum Gasteiger partial charge on any atom is 0.0545 e. The molecule has 1 heteroatoms. The largest absolute Gasteiger partial charge is 0.393 e. The maximum absolute atomic E-state index is 10.5. The van der Waals surface area contributed by atoms with Gasteiger partial charge in [-0.2, -0.15) is 0 Å². The summed E-state index contributed by atoms with van der Waals surface area (Å²) in [6.07, 6.45) is 14.6. The minimum Gasteiger partial charge on any atom is -0.393 e. The van der Waals surface area contributed by atoms with Crippen molar-refractivity contribution in [2.75, 3.05) is 0 Å². The average molecular weight is 359 g/mol. The minimum atomic E-state index is -0.141. The molecule has 0 spiro atoms. The molecule has 0 heterocycles. The van der Waals surface area contributed by atoms with Gasteiger partial charge < -0.3 is 5.11 Å². The Morgan fingerprint density at radius 2 is 1.73 bits per heavy atom. The van der Waals surface area contributed by atoms with Crippen molar-refractivity contribution in [2.24, 2.45) is 52.3 Å². The Hall–Kier alpha value is -0.300. The van der Waals surface area contributed by atoms with E-state index >= 15 is 0 Å². The van der Waals surface area contributed by atoms with Gasteiger partial charge in [0.1, 0.15) is 0 Å². The summed E-state index contributed by atoms with van der Waals surface area (Å²) in [6.45, 7) is 13.9. The second-order valence-electron chi connectivity index (χ2n) is 11.3. The summed E-state index contributed by atoms with van der Waals surface area (Å²) in [5, 5.41) is 10.5. The third-order valence-electron chi connectivity index (χ3n) is 10.1. The van der Waals surface area contributed by atoms with Crippen LogP contribution in [0.3, 0.4) is 0 Å². The zero-order chi connectivity index (χ0) is 18.7. The molecule has 4 aliphatic rings. The first-order valence-electron chi connectivity index (χ1n) is 11.6. The molecule has 1 nitrogen and oxygen atoms in total. The van der Waals surface area contributed by atoms with Gasteiger partial charge in [0.25, 0.3) is 0 Å². The molecule has 0 aromatic carbocycles. The van der Waals surface area contributed by atoms with Gasteiger partial charge >= 0.3 is 0 Å². The summed E-state index contributed by atoms with van der Waals surface area (Å²) >= 11 is 0. The van der Waals surface area contributed by atoms with Gasteiger partial charge in [0.2, 0.25) is 0 Å². The smallest absolute Gasteiger partial charge is 0.0545 e. The first-order chi connectivity index (χ1) is 12.3. The molecular weight excluding hydrogens is 316 g/mol. The molecule has 0 radical (unpaired) electrons.